The van der Waals surface area contributed by atoms with Crippen molar-refractivity contribution in [1.82, 2.24) is 30.7 Å². The molecule has 2 atom stereocenters. The zero-order chi connectivity index (χ0) is 39.5. The van der Waals surface area contributed by atoms with E-state index in [1.807, 2.05) is 48.5 Å². The number of urea groups is 2. The van der Waals surface area contributed by atoms with E-state index in [2.05, 4.69) is 26.6 Å². The average molecular weight is 790 g/mol. The van der Waals surface area contributed by atoms with Gasteiger partial charge in [-0.3, -0.25) is 19.8 Å². The van der Waals surface area contributed by atoms with E-state index in [1.165, 1.54) is 4.90 Å². The van der Waals surface area contributed by atoms with Gasteiger partial charge in [0.25, 0.3) is 0 Å². The number of nitrogens with one attached hydrogen (secondary N) is 5. The summed E-state index contributed by atoms with van der Waals surface area (Å²) in [6, 6.07) is 28.0. The van der Waals surface area contributed by atoms with Gasteiger partial charge in [-0.05, 0) is 70.8 Å². The molecule has 0 aliphatic carbocycles. The Morgan fingerprint density at radius 1 is 0.673 bits per heavy atom. The molecule has 2 saturated heterocycles. The lowest BCUT2D eigenvalue weighted by Gasteiger charge is -2.38. The van der Waals surface area contributed by atoms with Crippen LogP contribution in [0, 0.1) is 0 Å². The minimum atomic E-state index is -1.14. The van der Waals surface area contributed by atoms with E-state index in [1.54, 1.807) is 67.5 Å². The first-order chi connectivity index (χ1) is 26.3. The molecular weight excluding hydrogens is 747 g/mol. The Balaban J connectivity index is 0.000000212. The number of carbonyl (C=O) groups is 5. The van der Waals surface area contributed by atoms with Crippen molar-refractivity contribution >= 4 is 64.5 Å². The maximum atomic E-state index is 12.1. The van der Waals surface area contributed by atoms with Crippen LogP contribution in [0.1, 0.15) is 34.3 Å². The molecule has 2 heterocycles. The molecule has 14 nitrogen and oxygen atoms in total. The largest absolute Gasteiger partial charge is 0.465 e. The predicted octanol–water partition coefficient (Wildman–Crippen LogP) is 5.92. The number of benzene rings is 4. The van der Waals surface area contributed by atoms with E-state index in [-0.39, 0.29) is 43.0 Å². The first-order valence-electron chi connectivity index (χ1n) is 17.3. The second-order valence-corrected chi connectivity index (χ2v) is 13.9. The molecule has 2 aliphatic rings. The predicted molar refractivity (Wildman–Crippen MR) is 211 cm³/mol. The fraction of sp³-hybridized carbons (Fsp3) is 0.256. The van der Waals surface area contributed by atoms with Crippen molar-refractivity contribution in [2.24, 2.45) is 0 Å². The summed E-state index contributed by atoms with van der Waals surface area (Å²) < 4.78 is 0. The minimum Gasteiger partial charge on any atom is -0.465 e. The van der Waals surface area contributed by atoms with E-state index < -0.39 is 12.1 Å². The third-order valence-corrected chi connectivity index (χ3v) is 9.54. The van der Waals surface area contributed by atoms with E-state index in [9.17, 15) is 29.1 Å². The average Bonchev–Trinajstić information content (AvgIpc) is 3.17. The van der Waals surface area contributed by atoms with Gasteiger partial charge in [0.05, 0.1) is 18.6 Å². The number of anilines is 2. The van der Waals surface area contributed by atoms with Gasteiger partial charge in [0, 0.05) is 61.7 Å². The minimum absolute atomic E-state index is 0.0943. The maximum absolute atomic E-state index is 12.1. The molecule has 2 aliphatic heterocycles. The molecule has 6 rings (SSSR count). The van der Waals surface area contributed by atoms with Crippen LogP contribution in [0.4, 0.5) is 25.8 Å². The van der Waals surface area contributed by atoms with Crippen molar-refractivity contribution in [3.8, 4) is 0 Å². The summed E-state index contributed by atoms with van der Waals surface area (Å²) in [6.45, 7) is 1.86. The number of amides is 7. The van der Waals surface area contributed by atoms with Gasteiger partial charge >= 0.3 is 18.2 Å². The summed E-state index contributed by atoms with van der Waals surface area (Å²) in [5.41, 5.74) is 5.01. The topological polar surface area (TPSA) is 175 Å². The van der Waals surface area contributed by atoms with Crippen LogP contribution < -0.4 is 26.6 Å². The highest BCUT2D eigenvalue weighted by molar-refractivity contribution is 6.30. The molecule has 2 fully saturated rings. The van der Waals surface area contributed by atoms with Crippen LogP contribution in [0.2, 0.25) is 10.0 Å². The van der Waals surface area contributed by atoms with Crippen LogP contribution in [0.5, 0.6) is 0 Å². The molecule has 0 spiro atoms. The Bertz CT molecular complexity index is 1960. The van der Waals surface area contributed by atoms with E-state index in [4.69, 9.17) is 23.2 Å². The Morgan fingerprint density at radius 2 is 1.13 bits per heavy atom. The number of rotatable bonds is 8. The fourth-order valence-corrected chi connectivity index (χ4v) is 6.09. The molecule has 55 heavy (non-hydrogen) atoms. The quantitative estimate of drug-likeness (QED) is 0.129. The Morgan fingerprint density at radius 3 is 1.58 bits per heavy atom. The molecule has 4 aromatic rings. The van der Waals surface area contributed by atoms with Crippen LogP contribution in [-0.2, 0) is 22.7 Å². The SMILES string of the molecule is CN1CC(c2ccc(NC(=O)NCc3ccc(Cl)cc3)cc2)N(C(=O)O)CC1=O.CN1CC(c2ccc(NC(=O)NCc3ccc(Cl)cc3)cc2)NCC1=O. The third kappa shape index (κ3) is 11.8. The Labute approximate surface area is 328 Å². The van der Waals surface area contributed by atoms with Crippen LogP contribution in [-0.4, -0.2) is 90.1 Å². The highest BCUT2D eigenvalue weighted by Gasteiger charge is 2.34. The summed E-state index contributed by atoms with van der Waals surface area (Å²) in [5.74, 6) is -0.142. The number of likely N-dealkylation sites (N-methyl/N-ethyl adjacent to an activating group) is 2. The molecule has 0 bridgehead atoms. The van der Waals surface area contributed by atoms with Crippen molar-refractivity contribution < 1.29 is 29.1 Å². The summed E-state index contributed by atoms with van der Waals surface area (Å²) in [7, 11) is 3.45. The van der Waals surface area contributed by atoms with Gasteiger partial charge in [0.1, 0.15) is 6.54 Å². The van der Waals surface area contributed by atoms with Crippen LogP contribution in [0.3, 0.4) is 0 Å². The first kappa shape index (κ1) is 40.4. The fourth-order valence-electron chi connectivity index (χ4n) is 5.84. The summed E-state index contributed by atoms with van der Waals surface area (Å²) in [4.78, 5) is 63.3. The van der Waals surface area contributed by atoms with Gasteiger partial charge in [0.2, 0.25) is 11.8 Å². The molecule has 2 unspecified atom stereocenters. The zero-order valence-electron chi connectivity index (χ0n) is 30.2. The number of halogens is 2. The van der Waals surface area contributed by atoms with Crippen molar-refractivity contribution in [2.75, 3.05) is 50.9 Å². The summed E-state index contributed by atoms with van der Waals surface area (Å²) in [5, 5.41) is 25.0. The number of nitrogens with zero attached hydrogens (tertiary/aromatic N) is 3. The molecule has 0 radical (unpaired) electrons. The van der Waals surface area contributed by atoms with Gasteiger partial charge in [-0.1, -0.05) is 71.7 Å². The van der Waals surface area contributed by atoms with Gasteiger partial charge in [-0.2, -0.15) is 0 Å². The molecular formula is C39H42Cl2N8O6. The number of carbonyl (C=O) groups excluding carboxylic acids is 4. The molecule has 4 aromatic carbocycles. The zero-order valence-corrected chi connectivity index (χ0v) is 31.7. The van der Waals surface area contributed by atoms with E-state index in [0.717, 1.165) is 27.2 Å². The Hall–Kier alpha value is -5.83. The molecule has 0 saturated carbocycles. The molecule has 7 amide bonds. The lowest BCUT2D eigenvalue weighted by molar-refractivity contribution is -0.135. The summed E-state index contributed by atoms with van der Waals surface area (Å²) in [6.07, 6.45) is -1.14. The maximum Gasteiger partial charge on any atom is 0.408 e. The number of hydrogen-bond donors (Lipinski definition) is 6. The van der Waals surface area contributed by atoms with Crippen molar-refractivity contribution in [2.45, 2.75) is 25.2 Å². The Kier molecular flexibility index (Phi) is 13.9. The van der Waals surface area contributed by atoms with Gasteiger partial charge in [-0.25, -0.2) is 14.4 Å². The molecule has 6 N–H and O–H groups in total. The highest BCUT2D eigenvalue weighted by atomic mass is 35.5. The van der Waals surface area contributed by atoms with Crippen molar-refractivity contribution in [3.63, 3.8) is 0 Å². The number of piperazine rings is 2. The normalized spacial score (nSPS) is 16.8. The molecule has 16 heteroatoms. The third-order valence-electron chi connectivity index (χ3n) is 9.04. The standard InChI is InChI=1S/C20H21ClN4O4.C19H21ClN4O2/c1-24-11-17(25(20(28)29)12-18(24)26)14-4-8-16(9-5-14)23-19(27)22-10-13-2-6-15(21)7-3-13;1-24-12-17(21-11-18(24)25)14-4-8-16(9-5-14)23-19(26)22-10-13-2-6-15(20)7-3-13/h2-9,17H,10-12H2,1H3,(H,28,29)(H2,22,23,27);2-9,17,21H,10-12H2,1H3,(H2,22,23,26). The van der Waals surface area contributed by atoms with Crippen molar-refractivity contribution in [1.29, 1.82) is 0 Å². The number of carboxylic acid groups (broad SMARTS) is 1. The van der Waals surface area contributed by atoms with Crippen LogP contribution >= 0.6 is 23.2 Å². The highest BCUT2D eigenvalue weighted by Crippen LogP contribution is 2.27. The molecule has 288 valence electrons. The van der Waals surface area contributed by atoms with Gasteiger partial charge in [0.15, 0.2) is 0 Å². The monoisotopic (exact) mass is 788 g/mol. The van der Waals surface area contributed by atoms with E-state index in [0.29, 0.717) is 47.6 Å². The van der Waals surface area contributed by atoms with E-state index >= 15 is 0 Å². The summed E-state index contributed by atoms with van der Waals surface area (Å²) >= 11 is 11.7. The first-order valence-corrected chi connectivity index (χ1v) is 18.1. The van der Waals surface area contributed by atoms with Gasteiger partial charge < -0.3 is 36.2 Å². The molecule has 0 aromatic heterocycles. The second kappa shape index (κ2) is 19.0. The lowest BCUT2D eigenvalue weighted by atomic mass is 10.0. The lowest BCUT2D eigenvalue weighted by Crippen LogP contribution is -2.52. The second-order valence-electron chi connectivity index (χ2n) is 13.0. The van der Waals surface area contributed by atoms with Crippen molar-refractivity contribution in [3.05, 3.63) is 129 Å². The number of hydrogen-bond acceptors (Lipinski definition) is 6. The smallest absolute Gasteiger partial charge is 0.408 e. The van der Waals surface area contributed by atoms with Crippen LogP contribution in [0.15, 0.2) is 97.1 Å². The van der Waals surface area contributed by atoms with Crippen LogP contribution in [0.25, 0.3) is 0 Å². The van der Waals surface area contributed by atoms with Gasteiger partial charge in [-0.15, -0.1) is 0 Å².